The van der Waals surface area contributed by atoms with Gasteiger partial charge in [-0.15, -0.1) is 23.5 Å². The van der Waals surface area contributed by atoms with Gasteiger partial charge < -0.3 is 4.74 Å². The van der Waals surface area contributed by atoms with Crippen LogP contribution in [-0.2, 0) is 4.74 Å². The number of thioether (sulfide) groups is 2. The van der Waals surface area contributed by atoms with E-state index in [-0.39, 0.29) is 0 Å². The van der Waals surface area contributed by atoms with Crippen LogP contribution < -0.4 is 0 Å². The SMILES string of the molecule is CC(C)CCC1(CC(C)C)COC1.CC(C)CCC1(CC(C)C)SCCS1. The van der Waals surface area contributed by atoms with Gasteiger partial charge in [0.2, 0.25) is 0 Å². The number of rotatable bonds is 10. The molecule has 0 amide bonds. The minimum absolute atomic E-state index is 0.554. The molecule has 0 aliphatic carbocycles. The van der Waals surface area contributed by atoms with Crippen LogP contribution in [0.2, 0.25) is 0 Å². The van der Waals surface area contributed by atoms with Gasteiger partial charge in [0.15, 0.2) is 0 Å². The first kappa shape index (κ1) is 25.7. The van der Waals surface area contributed by atoms with Crippen molar-refractivity contribution >= 4 is 23.5 Å². The molecule has 3 heteroatoms. The molecule has 0 aromatic rings. The molecule has 0 unspecified atom stereocenters. The molecule has 2 aliphatic heterocycles. The molecule has 162 valence electrons. The van der Waals surface area contributed by atoms with Crippen molar-refractivity contribution in [2.45, 2.75) is 98.0 Å². The summed E-state index contributed by atoms with van der Waals surface area (Å²) in [7, 11) is 0. The van der Waals surface area contributed by atoms with Gasteiger partial charge in [0.1, 0.15) is 0 Å². The van der Waals surface area contributed by atoms with Crippen LogP contribution in [0.4, 0.5) is 0 Å². The van der Waals surface area contributed by atoms with Crippen LogP contribution in [-0.4, -0.2) is 28.8 Å². The molecule has 0 atom stereocenters. The van der Waals surface area contributed by atoms with E-state index in [2.05, 4.69) is 78.9 Å². The second-order valence-electron chi connectivity index (χ2n) is 10.7. The van der Waals surface area contributed by atoms with Crippen LogP contribution in [0.1, 0.15) is 93.9 Å². The molecule has 27 heavy (non-hydrogen) atoms. The third-order valence-corrected chi connectivity index (χ3v) is 9.12. The molecule has 2 fully saturated rings. The van der Waals surface area contributed by atoms with Gasteiger partial charge in [-0.25, -0.2) is 0 Å². The predicted octanol–water partition coefficient (Wildman–Crippen LogP) is 8.13. The molecule has 2 rings (SSSR count). The molecule has 0 spiro atoms. The quantitative estimate of drug-likeness (QED) is 0.356. The molecule has 2 saturated heterocycles. The fourth-order valence-electron chi connectivity index (χ4n) is 4.21. The van der Waals surface area contributed by atoms with Gasteiger partial charge in [-0.2, -0.15) is 0 Å². The highest BCUT2D eigenvalue weighted by Gasteiger charge is 2.38. The number of hydrogen-bond acceptors (Lipinski definition) is 3. The fourth-order valence-corrected chi connectivity index (χ4v) is 7.88. The van der Waals surface area contributed by atoms with E-state index in [1.165, 1.54) is 50.0 Å². The molecular formula is C24H48OS2. The normalized spacial score (nSPS) is 20.9. The van der Waals surface area contributed by atoms with Gasteiger partial charge in [0.25, 0.3) is 0 Å². The van der Waals surface area contributed by atoms with E-state index in [4.69, 9.17) is 4.74 Å². The van der Waals surface area contributed by atoms with Gasteiger partial charge in [-0.05, 0) is 55.8 Å². The topological polar surface area (TPSA) is 9.23 Å². The van der Waals surface area contributed by atoms with Crippen LogP contribution in [0.15, 0.2) is 0 Å². The standard InChI is InChI=1S/C12H24O.C12H24S2/c1-10(2)5-6-12(7-11(3)4)8-13-9-12;1-10(2)5-6-12(9-11(3)4)13-7-8-14-12/h10-11H,5-9H2,1-4H3;10-11H,5-9H2,1-4H3. The van der Waals surface area contributed by atoms with E-state index in [9.17, 15) is 0 Å². The first-order chi connectivity index (χ1) is 12.6. The first-order valence-electron chi connectivity index (χ1n) is 11.4. The maximum atomic E-state index is 5.37. The van der Waals surface area contributed by atoms with E-state index in [0.717, 1.165) is 36.9 Å². The van der Waals surface area contributed by atoms with Crippen LogP contribution in [0.3, 0.4) is 0 Å². The van der Waals surface area contributed by atoms with E-state index in [1.54, 1.807) is 0 Å². The second-order valence-corrected chi connectivity index (χ2v) is 13.9. The van der Waals surface area contributed by atoms with Crippen molar-refractivity contribution in [2.24, 2.45) is 29.1 Å². The number of hydrogen-bond donors (Lipinski definition) is 0. The average Bonchev–Trinajstić information content (AvgIpc) is 2.96. The third-order valence-electron chi connectivity index (χ3n) is 5.55. The highest BCUT2D eigenvalue weighted by molar-refractivity contribution is 8.21. The van der Waals surface area contributed by atoms with Gasteiger partial charge >= 0.3 is 0 Å². The molecule has 2 heterocycles. The summed E-state index contributed by atoms with van der Waals surface area (Å²) in [6.07, 6.45) is 8.28. The molecule has 0 aromatic carbocycles. The lowest BCUT2D eigenvalue weighted by Crippen LogP contribution is -2.43. The van der Waals surface area contributed by atoms with Crippen molar-refractivity contribution in [1.29, 1.82) is 0 Å². The van der Waals surface area contributed by atoms with E-state index >= 15 is 0 Å². The Kier molecular flexibility index (Phi) is 11.8. The smallest absolute Gasteiger partial charge is 0.0614 e. The highest BCUT2D eigenvalue weighted by atomic mass is 32.2. The number of ether oxygens (including phenoxy) is 1. The van der Waals surface area contributed by atoms with Crippen molar-refractivity contribution in [3.05, 3.63) is 0 Å². The monoisotopic (exact) mass is 416 g/mol. The maximum absolute atomic E-state index is 5.37. The lowest BCUT2D eigenvalue weighted by molar-refractivity contribution is -0.129. The molecule has 2 aliphatic rings. The molecule has 0 aromatic heterocycles. The van der Waals surface area contributed by atoms with Crippen molar-refractivity contribution < 1.29 is 4.74 Å². The summed E-state index contributed by atoms with van der Waals surface area (Å²) in [6.45, 7) is 20.7. The Labute approximate surface area is 179 Å². The van der Waals surface area contributed by atoms with Crippen LogP contribution in [0.25, 0.3) is 0 Å². The average molecular weight is 417 g/mol. The highest BCUT2D eigenvalue weighted by Crippen LogP contribution is 2.51. The van der Waals surface area contributed by atoms with Crippen molar-refractivity contribution in [3.63, 3.8) is 0 Å². The zero-order valence-corrected chi connectivity index (χ0v) is 21.2. The summed E-state index contributed by atoms with van der Waals surface area (Å²) in [4.78, 5) is 0. The molecule has 1 nitrogen and oxygen atoms in total. The summed E-state index contributed by atoms with van der Waals surface area (Å²) in [6, 6.07) is 0. The van der Waals surface area contributed by atoms with Gasteiger partial charge in [0.05, 0.1) is 17.3 Å². The summed E-state index contributed by atoms with van der Waals surface area (Å²) in [5.41, 5.74) is 0.554. The Balaban J connectivity index is 0.000000271. The lowest BCUT2D eigenvalue weighted by atomic mass is 9.74. The van der Waals surface area contributed by atoms with Crippen LogP contribution >= 0.6 is 23.5 Å². The Hall–Kier alpha value is 0.660. The van der Waals surface area contributed by atoms with Crippen molar-refractivity contribution in [3.8, 4) is 0 Å². The fraction of sp³-hybridized carbons (Fsp3) is 1.00. The van der Waals surface area contributed by atoms with Crippen LogP contribution in [0.5, 0.6) is 0 Å². The maximum Gasteiger partial charge on any atom is 0.0614 e. The minimum Gasteiger partial charge on any atom is -0.380 e. The minimum atomic E-state index is 0.554. The zero-order valence-electron chi connectivity index (χ0n) is 19.6. The largest absolute Gasteiger partial charge is 0.380 e. The molecule has 0 bridgehead atoms. The van der Waals surface area contributed by atoms with Gasteiger partial charge in [0, 0.05) is 16.9 Å². The predicted molar refractivity (Wildman–Crippen MR) is 128 cm³/mol. The Bertz CT molecular complexity index is 380. The van der Waals surface area contributed by atoms with E-state index in [0.29, 0.717) is 9.49 Å². The summed E-state index contributed by atoms with van der Waals surface area (Å²) in [5.74, 6) is 6.10. The summed E-state index contributed by atoms with van der Waals surface area (Å²) < 4.78 is 5.95. The molecule has 0 saturated carbocycles. The molecule has 0 radical (unpaired) electrons. The van der Waals surface area contributed by atoms with Gasteiger partial charge in [-0.1, -0.05) is 61.8 Å². The summed E-state index contributed by atoms with van der Waals surface area (Å²) >= 11 is 4.45. The second kappa shape index (κ2) is 12.4. The van der Waals surface area contributed by atoms with E-state index in [1.807, 2.05) is 0 Å². The zero-order chi connectivity index (χ0) is 20.5. The molecule has 0 N–H and O–H groups in total. The van der Waals surface area contributed by atoms with E-state index < -0.39 is 0 Å². The van der Waals surface area contributed by atoms with Crippen molar-refractivity contribution in [1.82, 2.24) is 0 Å². The van der Waals surface area contributed by atoms with Gasteiger partial charge in [-0.3, -0.25) is 0 Å². The lowest BCUT2D eigenvalue weighted by Gasteiger charge is -2.43. The summed E-state index contributed by atoms with van der Waals surface area (Å²) in [5, 5.41) is 0. The Morgan fingerprint density at radius 2 is 1.15 bits per heavy atom. The first-order valence-corrected chi connectivity index (χ1v) is 13.4. The Morgan fingerprint density at radius 3 is 1.52 bits per heavy atom. The molecular weight excluding hydrogens is 368 g/mol. The van der Waals surface area contributed by atoms with Crippen molar-refractivity contribution in [2.75, 3.05) is 24.7 Å². The third kappa shape index (κ3) is 10.3. The van der Waals surface area contributed by atoms with Crippen LogP contribution in [0, 0.1) is 29.1 Å². The Morgan fingerprint density at radius 1 is 0.667 bits per heavy atom.